The van der Waals surface area contributed by atoms with E-state index in [1.807, 2.05) is 13.8 Å². The van der Waals surface area contributed by atoms with E-state index in [0.717, 1.165) is 39.9 Å². The summed E-state index contributed by atoms with van der Waals surface area (Å²) >= 11 is 8.48. The van der Waals surface area contributed by atoms with Crippen LogP contribution in [0.2, 0.25) is 5.02 Å². The second kappa shape index (κ2) is 8.77. The summed E-state index contributed by atoms with van der Waals surface area (Å²) in [5.41, 5.74) is 0.623. The van der Waals surface area contributed by atoms with Crippen LogP contribution >= 0.6 is 34.7 Å². The number of halogens is 4. The summed E-state index contributed by atoms with van der Waals surface area (Å²) in [4.78, 5) is 22.7. The molecule has 0 spiro atoms. The first-order valence-electron chi connectivity index (χ1n) is 9.44. The van der Waals surface area contributed by atoms with Crippen molar-refractivity contribution in [1.29, 1.82) is 0 Å². The number of H-pyrrole nitrogens is 1. The molecule has 2 heterocycles. The van der Waals surface area contributed by atoms with Crippen LogP contribution in [0.3, 0.4) is 0 Å². The monoisotopic (exact) mass is 492 g/mol. The highest BCUT2D eigenvalue weighted by atomic mass is 35.5. The van der Waals surface area contributed by atoms with Crippen LogP contribution in [0.25, 0.3) is 21.2 Å². The van der Waals surface area contributed by atoms with E-state index in [9.17, 15) is 18.0 Å². The van der Waals surface area contributed by atoms with Crippen LogP contribution in [-0.4, -0.2) is 9.97 Å². The molecular weight excluding hydrogens is 477 g/mol. The second-order valence-electron chi connectivity index (χ2n) is 7.07. The quantitative estimate of drug-likeness (QED) is 0.299. The molecule has 0 saturated carbocycles. The van der Waals surface area contributed by atoms with Gasteiger partial charge in [0.25, 0.3) is 5.56 Å². The van der Waals surface area contributed by atoms with Gasteiger partial charge in [-0.3, -0.25) is 4.79 Å². The van der Waals surface area contributed by atoms with Crippen LogP contribution in [0.15, 0.2) is 58.2 Å². The van der Waals surface area contributed by atoms with E-state index in [1.54, 1.807) is 36.4 Å². The molecule has 0 fully saturated rings. The zero-order valence-electron chi connectivity index (χ0n) is 16.9. The van der Waals surface area contributed by atoms with Gasteiger partial charge in [0.1, 0.15) is 10.7 Å². The van der Waals surface area contributed by atoms with Gasteiger partial charge in [0, 0.05) is 14.8 Å². The molecule has 9 heteroatoms. The zero-order chi connectivity index (χ0) is 23.0. The SMILES string of the molecule is Cc1sc2nc(C(=Cc3ccc(Cl)cc3)Sc3cccc(C(F)(F)F)c3)[nH]c(=O)c2c1C. The summed E-state index contributed by atoms with van der Waals surface area (Å²) in [5.74, 6) is 0.293. The number of fused-ring (bicyclic) bond motifs is 1. The van der Waals surface area contributed by atoms with E-state index in [0.29, 0.717) is 30.9 Å². The van der Waals surface area contributed by atoms with Crippen molar-refractivity contribution in [3.8, 4) is 0 Å². The minimum Gasteiger partial charge on any atom is -0.305 e. The van der Waals surface area contributed by atoms with Crippen molar-refractivity contribution < 1.29 is 13.2 Å². The number of rotatable bonds is 4. The summed E-state index contributed by atoms with van der Waals surface area (Å²) in [6.45, 7) is 3.79. The van der Waals surface area contributed by atoms with Gasteiger partial charge < -0.3 is 4.98 Å². The summed E-state index contributed by atoms with van der Waals surface area (Å²) < 4.78 is 39.6. The van der Waals surface area contributed by atoms with Crippen molar-refractivity contribution >= 4 is 55.9 Å². The molecule has 164 valence electrons. The van der Waals surface area contributed by atoms with Gasteiger partial charge in [-0.1, -0.05) is 41.6 Å². The van der Waals surface area contributed by atoms with Gasteiger partial charge in [-0.2, -0.15) is 13.2 Å². The van der Waals surface area contributed by atoms with Crippen LogP contribution in [-0.2, 0) is 6.18 Å². The largest absolute Gasteiger partial charge is 0.416 e. The average molecular weight is 493 g/mol. The fraction of sp³-hybridized carbons (Fsp3) is 0.130. The molecule has 2 aromatic heterocycles. The minimum atomic E-state index is -4.45. The van der Waals surface area contributed by atoms with Crippen molar-refractivity contribution in [2.75, 3.05) is 0 Å². The Bertz CT molecular complexity index is 1390. The van der Waals surface area contributed by atoms with Gasteiger partial charge in [0.2, 0.25) is 0 Å². The molecule has 0 unspecified atom stereocenters. The number of alkyl halides is 3. The van der Waals surface area contributed by atoms with Gasteiger partial charge in [-0.15, -0.1) is 11.3 Å². The Morgan fingerprint density at radius 1 is 1.16 bits per heavy atom. The fourth-order valence-electron chi connectivity index (χ4n) is 3.09. The topological polar surface area (TPSA) is 45.8 Å². The summed E-state index contributed by atoms with van der Waals surface area (Å²) in [5, 5.41) is 1.10. The normalized spacial score (nSPS) is 12.5. The molecule has 0 aliphatic carbocycles. The molecule has 32 heavy (non-hydrogen) atoms. The van der Waals surface area contributed by atoms with E-state index in [1.165, 1.54) is 17.4 Å². The van der Waals surface area contributed by atoms with E-state index >= 15 is 0 Å². The molecule has 0 radical (unpaired) electrons. The molecule has 4 aromatic rings. The molecule has 0 amide bonds. The Hall–Kier alpha value is -2.55. The number of thiophene rings is 1. The highest BCUT2D eigenvalue weighted by molar-refractivity contribution is 8.08. The molecule has 0 aliphatic rings. The molecule has 0 atom stereocenters. The predicted octanol–water partition coefficient (Wildman–Crippen LogP) is 7.56. The van der Waals surface area contributed by atoms with Crippen LogP contribution in [0.4, 0.5) is 13.2 Å². The van der Waals surface area contributed by atoms with Crippen molar-refractivity contribution in [2.45, 2.75) is 24.9 Å². The lowest BCUT2D eigenvalue weighted by atomic mass is 10.2. The molecule has 1 N–H and O–H groups in total. The lowest BCUT2D eigenvalue weighted by molar-refractivity contribution is -0.137. The first-order chi connectivity index (χ1) is 15.1. The van der Waals surface area contributed by atoms with Gasteiger partial charge in [-0.25, -0.2) is 4.98 Å². The number of aryl methyl sites for hydroxylation is 2. The van der Waals surface area contributed by atoms with Gasteiger partial charge >= 0.3 is 6.18 Å². The number of nitrogens with one attached hydrogen (secondary N) is 1. The lowest BCUT2D eigenvalue weighted by Gasteiger charge is -2.11. The number of aromatic nitrogens is 2. The van der Waals surface area contributed by atoms with Crippen LogP contribution in [0, 0.1) is 13.8 Å². The van der Waals surface area contributed by atoms with Crippen molar-refractivity contribution in [3.63, 3.8) is 0 Å². The highest BCUT2D eigenvalue weighted by Gasteiger charge is 2.30. The van der Waals surface area contributed by atoms with Crippen molar-refractivity contribution in [2.24, 2.45) is 0 Å². The van der Waals surface area contributed by atoms with Gasteiger partial charge in [-0.05, 0) is 61.4 Å². The molecule has 2 aromatic carbocycles. The average Bonchev–Trinajstić information content (AvgIpc) is 3.02. The number of hydrogen-bond donors (Lipinski definition) is 1. The Balaban J connectivity index is 1.85. The number of aromatic amines is 1. The van der Waals surface area contributed by atoms with E-state index in [-0.39, 0.29) is 5.56 Å². The summed E-state index contributed by atoms with van der Waals surface area (Å²) in [6.07, 6.45) is -2.69. The molecule has 0 bridgehead atoms. The maximum atomic E-state index is 13.2. The van der Waals surface area contributed by atoms with Crippen molar-refractivity contribution in [1.82, 2.24) is 9.97 Å². The first-order valence-corrected chi connectivity index (χ1v) is 11.5. The molecule has 0 aliphatic heterocycles. The van der Waals surface area contributed by atoms with E-state index < -0.39 is 11.7 Å². The van der Waals surface area contributed by atoms with Crippen LogP contribution in [0.1, 0.15) is 27.4 Å². The highest BCUT2D eigenvalue weighted by Crippen LogP contribution is 2.38. The van der Waals surface area contributed by atoms with Crippen molar-refractivity contribution in [3.05, 3.63) is 91.3 Å². The number of nitrogens with zero attached hydrogens (tertiary/aromatic N) is 1. The predicted molar refractivity (Wildman–Crippen MR) is 126 cm³/mol. The van der Waals surface area contributed by atoms with Gasteiger partial charge in [0.05, 0.1) is 15.9 Å². The van der Waals surface area contributed by atoms with Crippen LogP contribution < -0.4 is 5.56 Å². The Morgan fingerprint density at radius 2 is 1.88 bits per heavy atom. The Labute approximate surface area is 195 Å². The number of hydrogen-bond acceptors (Lipinski definition) is 4. The zero-order valence-corrected chi connectivity index (χ0v) is 19.3. The smallest absolute Gasteiger partial charge is 0.305 e. The Morgan fingerprint density at radius 3 is 2.56 bits per heavy atom. The lowest BCUT2D eigenvalue weighted by Crippen LogP contribution is -2.10. The fourth-order valence-corrected chi connectivity index (χ4v) is 5.22. The maximum Gasteiger partial charge on any atom is 0.416 e. The molecule has 0 saturated heterocycles. The standard InChI is InChI=1S/C23H16ClF3N2OS2/c1-12-13(2)31-22-19(12)21(30)28-20(29-22)18(10-14-6-8-16(24)9-7-14)32-17-5-3-4-15(11-17)23(25,26)27/h3-11H,1-2H3,(H,28,29,30). The Kier molecular flexibility index (Phi) is 6.20. The first kappa shape index (κ1) is 22.6. The summed E-state index contributed by atoms with van der Waals surface area (Å²) in [6, 6.07) is 12.0. The van der Waals surface area contributed by atoms with Gasteiger partial charge in [0.15, 0.2) is 0 Å². The molecule has 4 rings (SSSR count). The maximum absolute atomic E-state index is 13.2. The van der Waals surface area contributed by atoms with E-state index in [4.69, 9.17) is 11.6 Å². The van der Waals surface area contributed by atoms with E-state index in [2.05, 4.69) is 9.97 Å². The van der Waals surface area contributed by atoms with Crippen LogP contribution in [0.5, 0.6) is 0 Å². The third-order valence-electron chi connectivity index (χ3n) is 4.83. The molecular formula is C23H16ClF3N2OS2. The second-order valence-corrected chi connectivity index (χ2v) is 9.82. The number of thioether (sulfide) groups is 1. The third kappa shape index (κ3) is 4.77. The summed E-state index contributed by atoms with van der Waals surface area (Å²) in [7, 11) is 0. The number of benzene rings is 2. The molecule has 3 nitrogen and oxygen atoms in total. The third-order valence-corrected chi connectivity index (χ3v) is 7.20. The minimum absolute atomic E-state index is 0.279.